The number of hydrogen-bond acceptors (Lipinski definition) is 3. The Morgan fingerprint density at radius 3 is 2.20 bits per heavy atom. The van der Waals surface area contributed by atoms with Crippen LogP contribution in [0.3, 0.4) is 0 Å². The van der Waals surface area contributed by atoms with Crippen LogP contribution in [0, 0.1) is 17.5 Å². The van der Waals surface area contributed by atoms with Gasteiger partial charge in [0, 0.05) is 5.56 Å². The van der Waals surface area contributed by atoms with Crippen molar-refractivity contribution in [1.82, 2.24) is 0 Å². The third-order valence-corrected chi connectivity index (χ3v) is 5.98. The number of ether oxygens (including phenoxy) is 1. The molecule has 0 saturated carbocycles. The van der Waals surface area contributed by atoms with Gasteiger partial charge in [-0.1, -0.05) is 32.0 Å². The average molecular weight is 418 g/mol. The highest BCUT2D eigenvalue weighted by atomic mass is 19.2. The van der Waals surface area contributed by atoms with Gasteiger partial charge in [0.15, 0.2) is 29.0 Å². The summed E-state index contributed by atoms with van der Waals surface area (Å²) in [7, 11) is 0. The van der Waals surface area contributed by atoms with Gasteiger partial charge in [-0.05, 0) is 62.4 Å². The van der Waals surface area contributed by atoms with E-state index in [1.807, 2.05) is 13.8 Å². The van der Waals surface area contributed by atoms with Crippen LogP contribution in [0.2, 0.25) is 0 Å². The van der Waals surface area contributed by atoms with Crippen molar-refractivity contribution in [3.63, 3.8) is 0 Å². The van der Waals surface area contributed by atoms with Crippen LogP contribution in [0.5, 0.6) is 0 Å². The molecule has 2 aromatic rings. The number of halogens is 3. The summed E-state index contributed by atoms with van der Waals surface area (Å²) in [5, 5.41) is 0. The van der Waals surface area contributed by atoms with Gasteiger partial charge in [-0.25, -0.2) is 13.2 Å². The van der Waals surface area contributed by atoms with E-state index in [1.54, 1.807) is 32.9 Å². The molecule has 1 aliphatic rings. The van der Waals surface area contributed by atoms with Crippen LogP contribution in [0.25, 0.3) is 11.1 Å². The number of ketones is 2. The topological polar surface area (TPSA) is 43.4 Å². The van der Waals surface area contributed by atoms with Crippen LogP contribution < -0.4 is 0 Å². The molecule has 0 radical (unpaired) electrons. The monoisotopic (exact) mass is 418 g/mol. The smallest absolute Gasteiger partial charge is 0.195 e. The van der Waals surface area contributed by atoms with E-state index in [0.29, 0.717) is 29.5 Å². The van der Waals surface area contributed by atoms with E-state index >= 15 is 0 Å². The van der Waals surface area contributed by atoms with Crippen molar-refractivity contribution < 1.29 is 27.5 Å². The Labute approximate surface area is 174 Å². The molecule has 1 fully saturated rings. The molecule has 30 heavy (non-hydrogen) atoms. The maximum absolute atomic E-state index is 14.3. The largest absolute Gasteiger partial charge is 0.354 e. The van der Waals surface area contributed by atoms with E-state index in [1.165, 1.54) is 12.1 Å². The van der Waals surface area contributed by atoms with Gasteiger partial charge in [0.1, 0.15) is 17.1 Å². The molecule has 1 aliphatic heterocycles. The van der Waals surface area contributed by atoms with E-state index in [4.69, 9.17) is 4.74 Å². The van der Waals surface area contributed by atoms with Gasteiger partial charge < -0.3 is 4.74 Å². The zero-order valence-electron chi connectivity index (χ0n) is 17.7. The summed E-state index contributed by atoms with van der Waals surface area (Å²) in [6, 6.07) is 6.79. The Morgan fingerprint density at radius 1 is 0.933 bits per heavy atom. The molecule has 6 heteroatoms. The predicted octanol–water partition coefficient (Wildman–Crippen LogP) is 5.53. The molecule has 3 rings (SSSR count). The lowest BCUT2D eigenvalue weighted by atomic mass is 9.72. The SMILES string of the molecule is CCc1cc(-c2ccc(F)c(F)c2F)ccc1C1C(=O)C(C)(C)OC(C)(CC)C1=O. The van der Waals surface area contributed by atoms with Crippen LogP contribution in [0.1, 0.15) is 58.1 Å². The Bertz CT molecular complexity index is 1030. The van der Waals surface area contributed by atoms with E-state index in [9.17, 15) is 22.8 Å². The number of rotatable bonds is 4. The highest BCUT2D eigenvalue weighted by Gasteiger charge is 2.54. The number of carbonyl (C=O) groups is 2. The third-order valence-electron chi connectivity index (χ3n) is 5.98. The first-order valence-corrected chi connectivity index (χ1v) is 10.0. The lowest BCUT2D eigenvalue weighted by Crippen LogP contribution is -2.59. The lowest BCUT2D eigenvalue weighted by molar-refractivity contribution is -0.188. The molecule has 0 amide bonds. The Morgan fingerprint density at radius 2 is 1.60 bits per heavy atom. The second kappa shape index (κ2) is 7.65. The Hall–Kier alpha value is -2.47. The summed E-state index contributed by atoms with van der Waals surface area (Å²) in [5.74, 6) is -5.72. The number of benzene rings is 2. The number of Topliss-reactive ketones (excluding diaryl/α,β-unsaturated/α-hetero) is 2. The second-order valence-electron chi connectivity index (χ2n) is 8.35. The number of carbonyl (C=O) groups excluding carboxylic acids is 2. The van der Waals surface area contributed by atoms with Gasteiger partial charge in [0.05, 0.1) is 0 Å². The summed E-state index contributed by atoms with van der Waals surface area (Å²) >= 11 is 0. The Kier molecular flexibility index (Phi) is 5.67. The maximum Gasteiger partial charge on any atom is 0.195 e. The zero-order valence-corrected chi connectivity index (χ0v) is 17.7. The van der Waals surface area contributed by atoms with Gasteiger partial charge >= 0.3 is 0 Å². The molecule has 0 bridgehead atoms. The fourth-order valence-corrected chi connectivity index (χ4v) is 4.07. The molecule has 160 valence electrons. The maximum atomic E-state index is 14.3. The summed E-state index contributed by atoms with van der Waals surface area (Å²) in [5.41, 5.74) is -0.776. The minimum atomic E-state index is -1.54. The summed E-state index contributed by atoms with van der Waals surface area (Å²) in [6.07, 6.45) is 0.883. The fraction of sp³-hybridized carbons (Fsp3) is 0.417. The van der Waals surface area contributed by atoms with Crippen LogP contribution >= 0.6 is 0 Å². The van der Waals surface area contributed by atoms with E-state index in [0.717, 1.165) is 6.07 Å². The zero-order chi connectivity index (χ0) is 22.4. The molecule has 0 aliphatic carbocycles. The molecule has 2 unspecified atom stereocenters. The molecule has 1 heterocycles. The molecule has 1 saturated heterocycles. The van der Waals surface area contributed by atoms with Gasteiger partial charge in [0.25, 0.3) is 0 Å². The van der Waals surface area contributed by atoms with Gasteiger partial charge in [-0.2, -0.15) is 0 Å². The van der Waals surface area contributed by atoms with Crippen molar-refractivity contribution in [2.75, 3.05) is 0 Å². The third kappa shape index (κ3) is 3.47. The predicted molar refractivity (Wildman–Crippen MR) is 108 cm³/mol. The fourth-order valence-electron chi connectivity index (χ4n) is 4.07. The average Bonchev–Trinajstić information content (AvgIpc) is 2.71. The standard InChI is InChI=1S/C24H25F3O3/c1-6-13-12-14(16-10-11-17(25)20(27)19(16)26)8-9-15(13)18-21(28)23(3,4)30-24(5,7-2)22(18)29/h8-12,18H,6-7H2,1-5H3. The molecule has 3 nitrogen and oxygen atoms in total. The Balaban J connectivity index is 2.14. The highest BCUT2D eigenvalue weighted by Crippen LogP contribution is 2.42. The minimum Gasteiger partial charge on any atom is -0.354 e. The molecular weight excluding hydrogens is 393 g/mol. The first kappa shape index (κ1) is 22.2. The normalized spacial score (nSPS) is 23.7. The van der Waals surface area contributed by atoms with Crippen molar-refractivity contribution in [3.8, 4) is 11.1 Å². The van der Waals surface area contributed by atoms with Crippen molar-refractivity contribution in [3.05, 3.63) is 58.9 Å². The van der Waals surface area contributed by atoms with Crippen molar-refractivity contribution in [2.24, 2.45) is 0 Å². The van der Waals surface area contributed by atoms with E-state index < -0.39 is 34.6 Å². The minimum absolute atomic E-state index is 0.0847. The number of aryl methyl sites for hydroxylation is 1. The lowest BCUT2D eigenvalue weighted by Gasteiger charge is -2.44. The first-order chi connectivity index (χ1) is 14.0. The highest BCUT2D eigenvalue weighted by molar-refractivity contribution is 6.15. The van der Waals surface area contributed by atoms with Crippen LogP contribution in [0.4, 0.5) is 13.2 Å². The van der Waals surface area contributed by atoms with Crippen LogP contribution in [-0.2, 0) is 20.7 Å². The molecular formula is C24H25F3O3. The van der Waals surface area contributed by atoms with Crippen LogP contribution in [-0.4, -0.2) is 22.8 Å². The van der Waals surface area contributed by atoms with Crippen LogP contribution in [0.15, 0.2) is 30.3 Å². The molecule has 0 N–H and O–H groups in total. The molecule has 2 aromatic carbocycles. The number of hydrogen-bond donors (Lipinski definition) is 0. The summed E-state index contributed by atoms with van der Waals surface area (Å²) < 4.78 is 47.1. The second-order valence-corrected chi connectivity index (χ2v) is 8.35. The first-order valence-electron chi connectivity index (χ1n) is 10.0. The van der Waals surface area contributed by atoms with E-state index in [2.05, 4.69) is 0 Å². The van der Waals surface area contributed by atoms with Crippen molar-refractivity contribution in [2.45, 2.75) is 64.6 Å². The van der Waals surface area contributed by atoms with E-state index in [-0.39, 0.29) is 17.1 Å². The molecule has 0 aromatic heterocycles. The summed E-state index contributed by atoms with van der Waals surface area (Å²) in [4.78, 5) is 26.4. The quantitative estimate of drug-likeness (QED) is 0.484. The summed E-state index contributed by atoms with van der Waals surface area (Å²) in [6.45, 7) is 8.67. The van der Waals surface area contributed by atoms with Gasteiger partial charge in [-0.15, -0.1) is 0 Å². The molecule has 0 spiro atoms. The van der Waals surface area contributed by atoms with Crippen molar-refractivity contribution in [1.29, 1.82) is 0 Å². The van der Waals surface area contributed by atoms with Crippen molar-refractivity contribution >= 4 is 11.6 Å². The molecule has 2 atom stereocenters. The van der Waals surface area contributed by atoms with Gasteiger partial charge in [-0.3, -0.25) is 9.59 Å². The van der Waals surface area contributed by atoms with Gasteiger partial charge in [0.2, 0.25) is 0 Å².